The van der Waals surface area contributed by atoms with Crippen LogP contribution in [0.4, 0.5) is 4.79 Å². The van der Waals surface area contributed by atoms with Gasteiger partial charge in [-0.1, -0.05) is 20.8 Å². The molecule has 0 aliphatic carbocycles. The Labute approximate surface area is 139 Å². The van der Waals surface area contributed by atoms with Gasteiger partial charge in [0.15, 0.2) is 0 Å². The molecule has 2 heterocycles. The fraction of sp³-hybridized carbons (Fsp3) is 0.533. The number of carbonyl (C=O) groups is 1. The molecule has 0 saturated heterocycles. The first-order valence-corrected chi connectivity index (χ1v) is 9.17. The summed E-state index contributed by atoms with van der Waals surface area (Å²) >= 11 is 3.32. The molecule has 0 fully saturated rings. The predicted molar refractivity (Wildman–Crippen MR) is 91.6 cm³/mol. The lowest BCUT2D eigenvalue weighted by Crippen LogP contribution is -2.36. The number of amides is 2. The standard InChI is InChI=1S/C15H22N4OS2/c1-4-12-7-17-13(22-12)8-18-15(20)16-6-5-11-9-21-14(19-11)10(2)3/h7,9-10H,4-6,8H2,1-3H3,(H2,16,18,20). The number of urea groups is 1. The van der Waals surface area contributed by atoms with Gasteiger partial charge in [-0.2, -0.15) is 0 Å². The van der Waals surface area contributed by atoms with E-state index < -0.39 is 0 Å². The molecule has 2 amide bonds. The van der Waals surface area contributed by atoms with Crippen LogP contribution in [0.25, 0.3) is 0 Å². The Morgan fingerprint density at radius 3 is 2.82 bits per heavy atom. The highest BCUT2D eigenvalue weighted by atomic mass is 32.1. The molecular formula is C15H22N4OS2. The highest BCUT2D eigenvalue weighted by Crippen LogP contribution is 2.19. The normalized spacial score (nSPS) is 10.9. The quantitative estimate of drug-likeness (QED) is 0.814. The molecule has 0 aliphatic rings. The fourth-order valence-corrected chi connectivity index (χ4v) is 3.49. The van der Waals surface area contributed by atoms with E-state index in [1.165, 1.54) is 4.88 Å². The summed E-state index contributed by atoms with van der Waals surface area (Å²) in [5.74, 6) is 0.460. The second kappa shape index (κ2) is 8.24. The van der Waals surface area contributed by atoms with Crippen LogP contribution in [0.15, 0.2) is 11.6 Å². The third kappa shape index (κ3) is 5.06. The summed E-state index contributed by atoms with van der Waals surface area (Å²) in [7, 11) is 0. The van der Waals surface area contributed by atoms with Crippen LogP contribution in [0.3, 0.4) is 0 Å². The molecule has 120 valence electrons. The van der Waals surface area contributed by atoms with Crippen molar-refractivity contribution in [3.8, 4) is 0 Å². The maximum absolute atomic E-state index is 11.7. The van der Waals surface area contributed by atoms with E-state index in [0.717, 1.165) is 28.6 Å². The molecular weight excluding hydrogens is 316 g/mol. The Morgan fingerprint density at radius 2 is 2.18 bits per heavy atom. The lowest BCUT2D eigenvalue weighted by atomic mass is 10.2. The minimum atomic E-state index is -0.160. The number of hydrogen-bond donors (Lipinski definition) is 2. The zero-order chi connectivity index (χ0) is 15.9. The molecule has 0 aliphatic heterocycles. The van der Waals surface area contributed by atoms with Crippen molar-refractivity contribution >= 4 is 28.7 Å². The summed E-state index contributed by atoms with van der Waals surface area (Å²) in [6.45, 7) is 7.43. The minimum Gasteiger partial charge on any atom is -0.338 e. The summed E-state index contributed by atoms with van der Waals surface area (Å²) in [5, 5.41) is 9.83. The number of aryl methyl sites for hydroxylation is 1. The van der Waals surface area contributed by atoms with Crippen molar-refractivity contribution in [1.82, 2.24) is 20.6 Å². The number of nitrogens with zero attached hydrogens (tertiary/aromatic N) is 2. The van der Waals surface area contributed by atoms with Gasteiger partial charge in [0.1, 0.15) is 5.01 Å². The maximum Gasteiger partial charge on any atom is 0.315 e. The first kappa shape index (κ1) is 16.9. The van der Waals surface area contributed by atoms with Gasteiger partial charge in [0.2, 0.25) is 0 Å². The Bertz CT molecular complexity index is 606. The van der Waals surface area contributed by atoms with Gasteiger partial charge < -0.3 is 10.6 Å². The smallest absolute Gasteiger partial charge is 0.315 e. The van der Waals surface area contributed by atoms with Gasteiger partial charge in [-0.3, -0.25) is 0 Å². The largest absolute Gasteiger partial charge is 0.338 e. The van der Waals surface area contributed by atoms with E-state index in [0.29, 0.717) is 19.0 Å². The molecule has 0 radical (unpaired) electrons. The zero-order valence-electron chi connectivity index (χ0n) is 13.2. The Balaban J connectivity index is 1.66. The van der Waals surface area contributed by atoms with Crippen molar-refractivity contribution in [1.29, 1.82) is 0 Å². The van der Waals surface area contributed by atoms with Gasteiger partial charge in [-0.05, 0) is 6.42 Å². The molecule has 22 heavy (non-hydrogen) atoms. The van der Waals surface area contributed by atoms with Gasteiger partial charge in [0.05, 0.1) is 17.2 Å². The molecule has 0 spiro atoms. The van der Waals surface area contributed by atoms with Gasteiger partial charge in [0, 0.05) is 35.3 Å². The second-order valence-electron chi connectivity index (χ2n) is 5.27. The van der Waals surface area contributed by atoms with Crippen LogP contribution in [0.2, 0.25) is 0 Å². The first-order chi connectivity index (χ1) is 10.6. The number of nitrogens with one attached hydrogen (secondary N) is 2. The third-order valence-electron chi connectivity index (χ3n) is 3.08. The van der Waals surface area contributed by atoms with Crippen molar-refractivity contribution in [2.24, 2.45) is 0 Å². The van der Waals surface area contributed by atoms with E-state index >= 15 is 0 Å². The van der Waals surface area contributed by atoms with Gasteiger partial charge in [-0.25, -0.2) is 14.8 Å². The lowest BCUT2D eigenvalue weighted by molar-refractivity contribution is 0.240. The second-order valence-corrected chi connectivity index (χ2v) is 7.35. The van der Waals surface area contributed by atoms with Crippen molar-refractivity contribution < 1.29 is 4.79 Å². The first-order valence-electron chi connectivity index (χ1n) is 7.48. The monoisotopic (exact) mass is 338 g/mol. The number of aromatic nitrogens is 2. The highest BCUT2D eigenvalue weighted by molar-refractivity contribution is 7.11. The molecule has 0 unspecified atom stereocenters. The zero-order valence-corrected chi connectivity index (χ0v) is 14.8. The van der Waals surface area contributed by atoms with Crippen molar-refractivity contribution in [3.05, 3.63) is 32.2 Å². The molecule has 0 atom stereocenters. The van der Waals surface area contributed by atoms with E-state index in [-0.39, 0.29) is 6.03 Å². The number of carbonyl (C=O) groups excluding carboxylic acids is 1. The van der Waals surface area contributed by atoms with Crippen LogP contribution in [0.5, 0.6) is 0 Å². The lowest BCUT2D eigenvalue weighted by Gasteiger charge is -2.05. The highest BCUT2D eigenvalue weighted by Gasteiger charge is 2.07. The topological polar surface area (TPSA) is 66.9 Å². The van der Waals surface area contributed by atoms with Crippen LogP contribution in [0, 0.1) is 0 Å². The molecule has 2 rings (SSSR count). The van der Waals surface area contributed by atoms with E-state index in [1.807, 2.05) is 6.20 Å². The number of rotatable bonds is 7. The molecule has 0 bridgehead atoms. The summed E-state index contributed by atoms with van der Waals surface area (Å²) in [6, 6.07) is -0.160. The van der Waals surface area contributed by atoms with Crippen molar-refractivity contribution in [2.75, 3.05) is 6.54 Å². The van der Waals surface area contributed by atoms with Gasteiger partial charge in [0.25, 0.3) is 0 Å². The molecule has 0 aromatic carbocycles. The van der Waals surface area contributed by atoms with Gasteiger partial charge >= 0.3 is 6.03 Å². The van der Waals surface area contributed by atoms with Crippen LogP contribution in [-0.2, 0) is 19.4 Å². The van der Waals surface area contributed by atoms with Gasteiger partial charge in [-0.15, -0.1) is 22.7 Å². The average Bonchev–Trinajstić information content (AvgIpc) is 3.14. The molecule has 0 saturated carbocycles. The van der Waals surface area contributed by atoms with E-state index in [2.05, 4.69) is 46.8 Å². The molecule has 5 nitrogen and oxygen atoms in total. The fourth-order valence-electron chi connectivity index (χ4n) is 1.82. The third-order valence-corrected chi connectivity index (χ3v) is 5.42. The molecule has 2 aromatic heterocycles. The van der Waals surface area contributed by atoms with Crippen LogP contribution in [0.1, 0.15) is 47.3 Å². The molecule has 7 heteroatoms. The summed E-state index contributed by atoms with van der Waals surface area (Å²) in [5.41, 5.74) is 1.04. The van der Waals surface area contributed by atoms with Crippen LogP contribution in [-0.4, -0.2) is 22.5 Å². The molecule has 2 N–H and O–H groups in total. The van der Waals surface area contributed by atoms with E-state index in [4.69, 9.17) is 0 Å². The number of thiazole rings is 2. The van der Waals surface area contributed by atoms with Crippen molar-refractivity contribution in [3.63, 3.8) is 0 Å². The summed E-state index contributed by atoms with van der Waals surface area (Å²) in [4.78, 5) is 21.8. The van der Waals surface area contributed by atoms with Crippen LogP contribution < -0.4 is 10.6 Å². The Hall–Kier alpha value is -1.47. The number of hydrogen-bond acceptors (Lipinski definition) is 5. The van der Waals surface area contributed by atoms with Crippen LogP contribution >= 0.6 is 22.7 Å². The Kier molecular flexibility index (Phi) is 6.33. The van der Waals surface area contributed by atoms with Crippen molar-refractivity contribution in [2.45, 2.75) is 46.1 Å². The molecule has 2 aromatic rings. The predicted octanol–water partition coefficient (Wildman–Crippen LogP) is 3.33. The summed E-state index contributed by atoms with van der Waals surface area (Å²) < 4.78 is 0. The van der Waals surface area contributed by atoms with E-state index in [1.54, 1.807) is 22.7 Å². The maximum atomic E-state index is 11.7. The minimum absolute atomic E-state index is 0.160. The summed E-state index contributed by atoms with van der Waals surface area (Å²) in [6.07, 6.45) is 3.61. The SMILES string of the molecule is CCc1cnc(CNC(=O)NCCc2csc(C(C)C)n2)s1. The Morgan fingerprint density at radius 1 is 1.36 bits per heavy atom. The van der Waals surface area contributed by atoms with E-state index in [9.17, 15) is 4.79 Å². The average molecular weight is 339 g/mol.